The molecule has 2 aromatic carbocycles. The molecular formula is C16H14ClNO. The number of H-pyrrole nitrogens is 1. The molecule has 96 valence electrons. The Kier molecular flexibility index (Phi) is 3.05. The molecule has 0 aliphatic rings. The maximum atomic E-state index is 10.6. The van der Waals surface area contributed by atoms with Crippen molar-refractivity contribution in [2.75, 3.05) is 0 Å². The van der Waals surface area contributed by atoms with Crippen LogP contribution in [0.3, 0.4) is 0 Å². The number of hydrogen-bond acceptors (Lipinski definition) is 1. The van der Waals surface area contributed by atoms with E-state index in [1.54, 1.807) is 0 Å². The Morgan fingerprint density at radius 2 is 1.95 bits per heavy atom. The van der Waals surface area contributed by atoms with Crippen LogP contribution in [-0.4, -0.2) is 10.1 Å². The SMILES string of the molecule is Cc1cc(Cl)ccc1C(O)c1cccc2[nH]ccc12. The van der Waals surface area contributed by atoms with Crippen LogP contribution in [-0.2, 0) is 0 Å². The number of aromatic amines is 1. The molecule has 1 aromatic heterocycles. The lowest BCUT2D eigenvalue weighted by Gasteiger charge is -2.15. The molecule has 2 nitrogen and oxygen atoms in total. The van der Waals surface area contributed by atoms with Gasteiger partial charge in [0.05, 0.1) is 0 Å². The zero-order valence-electron chi connectivity index (χ0n) is 10.5. The molecule has 0 saturated heterocycles. The van der Waals surface area contributed by atoms with Crippen LogP contribution in [0.2, 0.25) is 5.02 Å². The second-order valence-electron chi connectivity index (χ2n) is 4.69. The Morgan fingerprint density at radius 1 is 1.11 bits per heavy atom. The Morgan fingerprint density at radius 3 is 2.74 bits per heavy atom. The standard InChI is InChI=1S/C16H14ClNO/c1-10-9-11(17)5-6-12(10)16(19)14-3-2-4-15-13(14)7-8-18-15/h2-9,16,18-19H,1H3. The summed E-state index contributed by atoms with van der Waals surface area (Å²) in [6.45, 7) is 1.96. The van der Waals surface area contributed by atoms with Crippen molar-refractivity contribution < 1.29 is 5.11 Å². The predicted molar refractivity (Wildman–Crippen MR) is 78.5 cm³/mol. The van der Waals surface area contributed by atoms with Crippen molar-refractivity contribution >= 4 is 22.5 Å². The van der Waals surface area contributed by atoms with Crippen LogP contribution < -0.4 is 0 Å². The highest BCUT2D eigenvalue weighted by Crippen LogP contribution is 2.31. The number of halogens is 1. The van der Waals surface area contributed by atoms with Crippen LogP contribution in [0.5, 0.6) is 0 Å². The van der Waals surface area contributed by atoms with E-state index in [2.05, 4.69) is 4.98 Å². The molecule has 2 N–H and O–H groups in total. The highest BCUT2D eigenvalue weighted by atomic mass is 35.5. The summed E-state index contributed by atoms with van der Waals surface area (Å²) >= 11 is 5.96. The van der Waals surface area contributed by atoms with Gasteiger partial charge in [-0.15, -0.1) is 0 Å². The van der Waals surface area contributed by atoms with Crippen LogP contribution in [0.15, 0.2) is 48.7 Å². The summed E-state index contributed by atoms with van der Waals surface area (Å²) in [5.41, 5.74) is 3.82. The van der Waals surface area contributed by atoms with E-state index in [-0.39, 0.29) is 0 Å². The van der Waals surface area contributed by atoms with Crippen LogP contribution in [0, 0.1) is 6.92 Å². The first-order valence-corrected chi connectivity index (χ1v) is 6.55. The van der Waals surface area contributed by atoms with E-state index < -0.39 is 6.10 Å². The lowest BCUT2D eigenvalue weighted by atomic mass is 9.95. The number of nitrogens with one attached hydrogen (secondary N) is 1. The summed E-state index contributed by atoms with van der Waals surface area (Å²) in [4.78, 5) is 3.16. The normalized spacial score (nSPS) is 12.8. The van der Waals surface area contributed by atoms with Gasteiger partial charge in [-0.3, -0.25) is 0 Å². The van der Waals surface area contributed by atoms with E-state index in [9.17, 15) is 5.11 Å². The highest BCUT2D eigenvalue weighted by Gasteiger charge is 2.15. The van der Waals surface area contributed by atoms with Crippen molar-refractivity contribution in [2.24, 2.45) is 0 Å². The maximum Gasteiger partial charge on any atom is 0.105 e. The molecule has 19 heavy (non-hydrogen) atoms. The average molecular weight is 272 g/mol. The van der Waals surface area contributed by atoms with Crippen molar-refractivity contribution in [3.63, 3.8) is 0 Å². The number of rotatable bonds is 2. The number of aromatic nitrogens is 1. The number of aryl methyl sites for hydroxylation is 1. The third kappa shape index (κ3) is 2.14. The van der Waals surface area contributed by atoms with Gasteiger partial charge in [-0.25, -0.2) is 0 Å². The molecule has 1 heterocycles. The Labute approximate surface area is 116 Å². The fraction of sp³-hybridized carbons (Fsp3) is 0.125. The van der Waals surface area contributed by atoms with Gasteiger partial charge in [0.2, 0.25) is 0 Å². The minimum atomic E-state index is -0.642. The van der Waals surface area contributed by atoms with Crippen molar-refractivity contribution in [3.05, 3.63) is 70.4 Å². The molecule has 0 aliphatic carbocycles. The Bertz CT molecular complexity index is 732. The fourth-order valence-corrected chi connectivity index (χ4v) is 2.69. The summed E-state index contributed by atoms with van der Waals surface area (Å²) in [5.74, 6) is 0. The van der Waals surface area contributed by atoms with E-state index in [0.717, 1.165) is 27.6 Å². The maximum absolute atomic E-state index is 10.6. The molecular weight excluding hydrogens is 258 g/mol. The molecule has 1 atom stereocenters. The van der Waals surface area contributed by atoms with E-state index in [0.29, 0.717) is 5.02 Å². The van der Waals surface area contributed by atoms with Gasteiger partial charge in [-0.2, -0.15) is 0 Å². The monoisotopic (exact) mass is 271 g/mol. The zero-order chi connectivity index (χ0) is 13.4. The molecule has 0 radical (unpaired) electrons. The van der Waals surface area contributed by atoms with E-state index in [4.69, 9.17) is 11.6 Å². The lowest BCUT2D eigenvalue weighted by molar-refractivity contribution is 0.221. The van der Waals surface area contributed by atoms with Gasteiger partial charge in [-0.05, 0) is 47.9 Å². The second kappa shape index (κ2) is 4.72. The van der Waals surface area contributed by atoms with Gasteiger partial charge in [0.15, 0.2) is 0 Å². The number of aliphatic hydroxyl groups excluding tert-OH is 1. The minimum Gasteiger partial charge on any atom is -0.384 e. The van der Waals surface area contributed by atoms with Gasteiger partial charge < -0.3 is 10.1 Å². The van der Waals surface area contributed by atoms with Gasteiger partial charge in [0.1, 0.15) is 6.10 Å². The topological polar surface area (TPSA) is 36.0 Å². The molecule has 0 saturated carbocycles. The number of benzene rings is 2. The van der Waals surface area contributed by atoms with Crippen LogP contribution in [0.25, 0.3) is 10.9 Å². The lowest BCUT2D eigenvalue weighted by Crippen LogP contribution is -2.02. The molecule has 0 amide bonds. The minimum absolute atomic E-state index is 0.642. The zero-order valence-corrected chi connectivity index (χ0v) is 11.3. The second-order valence-corrected chi connectivity index (χ2v) is 5.13. The first kappa shape index (κ1) is 12.3. The van der Waals surface area contributed by atoms with Crippen molar-refractivity contribution in [1.82, 2.24) is 4.98 Å². The van der Waals surface area contributed by atoms with Gasteiger partial charge in [-0.1, -0.05) is 29.8 Å². The van der Waals surface area contributed by atoms with E-state index in [1.807, 2.05) is 55.6 Å². The molecule has 0 bridgehead atoms. The summed E-state index contributed by atoms with van der Waals surface area (Å²) in [6.07, 6.45) is 1.24. The molecule has 0 spiro atoms. The van der Waals surface area contributed by atoms with Crippen molar-refractivity contribution in [3.8, 4) is 0 Å². The number of aliphatic hydroxyl groups is 1. The van der Waals surface area contributed by atoms with Gasteiger partial charge in [0.25, 0.3) is 0 Å². The molecule has 0 aliphatic heterocycles. The molecule has 0 fully saturated rings. The van der Waals surface area contributed by atoms with Crippen molar-refractivity contribution in [1.29, 1.82) is 0 Å². The van der Waals surface area contributed by atoms with Crippen molar-refractivity contribution in [2.45, 2.75) is 13.0 Å². The van der Waals surface area contributed by atoms with E-state index >= 15 is 0 Å². The Hall–Kier alpha value is -1.77. The van der Waals surface area contributed by atoms with Crippen LogP contribution >= 0.6 is 11.6 Å². The van der Waals surface area contributed by atoms with Gasteiger partial charge >= 0.3 is 0 Å². The summed E-state index contributed by atoms with van der Waals surface area (Å²) < 4.78 is 0. The molecule has 1 unspecified atom stereocenters. The summed E-state index contributed by atoms with van der Waals surface area (Å²) in [7, 11) is 0. The summed E-state index contributed by atoms with van der Waals surface area (Å²) in [5, 5.41) is 12.4. The quantitative estimate of drug-likeness (QED) is 0.720. The molecule has 3 rings (SSSR count). The average Bonchev–Trinajstić information content (AvgIpc) is 2.86. The number of fused-ring (bicyclic) bond motifs is 1. The molecule has 3 aromatic rings. The molecule has 3 heteroatoms. The largest absolute Gasteiger partial charge is 0.384 e. The fourth-order valence-electron chi connectivity index (χ4n) is 2.46. The predicted octanol–water partition coefficient (Wildman–Crippen LogP) is 4.21. The summed E-state index contributed by atoms with van der Waals surface area (Å²) in [6, 6.07) is 13.5. The Balaban J connectivity index is 2.13. The van der Waals surface area contributed by atoms with E-state index in [1.165, 1.54) is 0 Å². The first-order chi connectivity index (χ1) is 9.16. The van der Waals surface area contributed by atoms with Crippen LogP contribution in [0.4, 0.5) is 0 Å². The highest BCUT2D eigenvalue weighted by molar-refractivity contribution is 6.30. The third-order valence-electron chi connectivity index (χ3n) is 3.45. The first-order valence-electron chi connectivity index (χ1n) is 6.17. The third-order valence-corrected chi connectivity index (χ3v) is 3.68. The van der Waals surface area contributed by atoms with Crippen LogP contribution in [0.1, 0.15) is 22.8 Å². The number of hydrogen-bond donors (Lipinski definition) is 2. The smallest absolute Gasteiger partial charge is 0.105 e. The van der Waals surface area contributed by atoms with Gasteiger partial charge in [0, 0.05) is 22.1 Å².